The summed E-state index contributed by atoms with van der Waals surface area (Å²) in [6.45, 7) is 0. The number of nitrogens with one attached hydrogen (secondary N) is 1. The minimum absolute atomic E-state index is 0.0276. The van der Waals surface area contributed by atoms with E-state index in [-0.39, 0.29) is 5.54 Å². The highest BCUT2D eigenvalue weighted by Crippen LogP contribution is 2.45. The van der Waals surface area contributed by atoms with Crippen molar-refractivity contribution in [3.63, 3.8) is 0 Å². The van der Waals surface area contributed by atoms with Gasteiger partial charge in [-0.3, -0.25) is 0 Å². The molecule has 0 amide bonds. The van der Waals surface area contributed by atoms with E-state index < -0.39 is 11.6 Å². The fourth-order valence-corrected chi connectivity index (χ4v) is 2.52. The van der Waals surface area contributed by atoms with Gasteiger partial charge < -0.3 is 5.32 Å². The van der Waals surface area contributed by atoms with Gasteiger partial charge in [-0.1, -0.05) is 30.3 Å². The average molecular weight is 259 g/mol. The summed E-state index contributed by atoms with van der Waals surface area (Å²) in [5, 5.41) is 3.31. The Morgan fingerprint density at radius 1 is 1.05 bits per heavy atom. The zero-order valence-electron chi connectivity index (χ0n) is 10.7. The second-order valence-corrected chi connectivity index (χ2v) is 5.01. The Kier molecular flexibility index (Phi) is 2.86. The van der Waals surface area contributed by atoms with E-state index in [4.69, 9.17) is 0 Å². The second-order valence-electron chi connectivity index (χ2n) is 5.01. The van der Waals surface area contributed by atoms with Gasteiger partial charge in [-0.15, -0.1) is 0 Å². The molecule has 1 fully saturated rings. The lowest BCUT2D eigenvalue weighted by Crippen LogP contribution is -2.24. The SMILES string of the molecule is CNC1(c2cccc(-c3cccc(F)c3F)c2)CC1. The van der Waals surface area contributed by atoms with Gasteiger partial charge in [-0.05, 0) is 43.1 Å². The molecule has 19 heavy (non-hydrogen) atoms. The van der Waals surface area contributed by atoms with Crippen LogP contribution in [-0.2, 0) is 5.54 Å². The van der Waals surface area contributed by atoms with Crippen LogP contribution < -0.4 is 5.32 Å². The van der Waals surface area contributed by atoms with Crippen molar-refractivity contribution in [1.29, 1.82) is 0 Å². The van der Waals surface area contributed by atoms with E-state index in [0.717, 1.165) is 30.0 Å². The highest BCUT2D eigenvalue weighted by atomic mass is 19.2. The van der Waals surface area contributed by atoms with Gasteiger partial charge in [-0.25, -0.2) is 8.78 Å². The maximum atomic E-state index is 13.8. The first-order chi connectivity index (χ1) is 9.16. The molecular formula is C16H15F2N. The molecule has 0 saturated heterocycles. The van der Waals surface area contributed by atoms with Gasteiger partial charge in [0.25, 0.3) is 0 Å². The smallest absolute Gasteiger partial charge is 0.166 e. The van der Waals surface area contributed by atoms with Crippen molar-refractivity contribution >= 4 is 0 Å². The first-order valence-corrected chi connectivity index (χ1v) is 6.40. The lowest BCUT2D eigenvalue weighted by atomic mass is 9.98. The average Bonchev–Trinajstić information content (AvgIpc) is 3.23. The van der Waals surface area contributed by atoms with E-state index in [2.05, 4.69) is 5.32 Å². The first kappa shape index (κ1) is 12.3. The van der Waals surface area contributed by atoms with Crippen LogP contribution in [0.2, 0.25) is 0 Å². The number of rotatable bonds is 3. The molecule has 0 unspecified atom stereocenters. The van der Waals surface area contributed by atoms with Crippen molar-refractivity contribution in [1.82, 2.24) is 5.32 Å². The maximum Gasteiger partial charge on any atom is 0.166 e. The lowest BCUT2D eigenvalue weighted by Gasteiger charge is -2.16. The third kappa shape index (κ3) is 2.04. The van der Waals surface area contributed by atoms with Gasteiger partial charge in [0.2, 0.25) is 0 Å². The topological polar surface area (TPSA) is 12.0 Å². The standard InChI is InChI=1S/C16H15F2N/c1-19-16(8-9-16)12-5-2-4-11(10-12)13-6-3-7-14(17)15(13)18/h2-7,10,19H,8-9H2,1H3. The molecule has 1 aliphatic carbocycles. The Morgan fingerprint density at radius 2 is 1.79 bits per heavy atom. The van der Waals surface area contributed by atoms with Crippen LogP contribution in [0.3, 0.4) is 0 Å². The highest BCUT2D eigenvalue weighted by molar-refractivity contribution is 5.65. The molecule has 0 radical (unpaired) electrons. The van der Waals surface area contributed by atoms with Gasteiger partial charge in [0, 0.05) is 11.1 Å². The predicted molar refractivity (Wildman–Crippen MR) is 71.8 cm³/mol. The number of halogens is 2. The summed E-state index contributed by atoms with van der Waals surface area (Å²) >= 11 is 0. The Balaban J connectivity index is 2.07. The van der Waals surface area contributed by atoms with Gasteiger partial charge in [0.1, 0.15) is 0 Å². The van der Waals surface area contributed by atoms with Crippen LogP contribution in [0, 0.1) is 11.6 Å². The molecule has 98 valence electrons. The van der Waals surface area contributed by atoms with E-state index in [1.807, 2.05) is 31.3 Å². The van der Waals surface area contributed by atoms with E-state index in [1.54, 1.807) is 6.07 Å². The molecule has 0 heterocycles. The summed E-state index contributed by atoms with van der Waals surface area (Å²) in [4.78, 5) is 0. The molecule has 1 nitrogen and oxygen atoms in total. The van der Waals surface area contributed by atoms with Crippen LogP contribution in [-0.4, -0.2) is 7.05 Å². The molecule has 0 bridgehead atoms. The van der Waals surface area contributed by atoms with Crippen LogP contribution in [0.1, 0.15) is 18.4 Å². The molecule has 0 atom stereocenters. The van der Waals surface area contributed by atoms with Crippen LogP contribution >= 0.6 is 0 Å². The first-order valence-electron chi connectivity index (χ1n) is 6.40. The van der Waals surface area contributed by atoms with Crippen molar-refractivity contribution in [3.8, 4) is 11.1 Å². The third-order valence-electron chi connectivity index (χ3n) is 3.91. The number of benzene rings is 2. The Hall–Kier alpha value is -1.74. The van der Waals surface area contributed by atoms with Gasteiger partial charge >= 0.3 is 0 Å². The molecule has 0 spiro atoms. The highest BCUT2D eigenvalue weighted by Gasteiger charge is 2.42. The monoisotopic (exact) mass is 259 g/mol. The van der Waals surface area contributed by atoms with E-state index in [1.165, 1.54) is 6.07 Å². The summed E-state index contributed by atoms with van der Waals surface area (Å²) in [6, 6.07) is 12.0. The quantitative estimate of drug-likeness (QED) is 0.883. The molecule has 1 N–H and O–H groups in total. The molecule has 1 aliphatic rings. The van der Waals surface area contributed by atoms with E-state index >= 15 is 0 Å². The van der Waals surface area contributed by atoms with Crippen molar-refractivity contribution < 1.29 is 8.78 Å². The Labute approximate surface area is 111 Å². The van der Waals surface area contributed by atoms with Crippen LogP contribution in [0.4, 0.5) is 8.78 Å². The van der Waals surface area contributed by atoms with Crippen LogP contribution in [0.5, 0.6) is 0 Å². The third-order valence-corrected chi connectivity index (χ3v) is 3.91. The summed E-state index contributed by atoms with van der Waals surface area (Å²) < 4.78 is 27.1. The number of hydrogen-bond acceptors (Lipinski definition) is 1. The molecule has 3 rings (SSSR count). The fourth-order valence-electron chi connectivity index (χ4n) is 2.52. The number of hydrogen-bond donors (Lipinski definition) is 1. The van der Waals surface area contributed by atoms with Crippen molar-refractivity contribution in [2.75, 3.05) is 7.05 Å². The molecule has 3 heteroatoms. The van der Waals surface area contributed by atoms with Gasteiger partial charge in [0.05, 0.1) is 0 Å². The molecule has 1 saturated carbocycles. The Bertz CT molecular complexity index is 618. The molecule has 2 aromatic carbocycles. The summed E-state index contributed by atoms with van der Waals surface area (Å²) in [6.07, 6.45) is 2.16. The van der Waals surface area contributed by atoms with Crippen LogP contribution in [0.25, 0.3) is 11.1 Å². The summed E-state index contributed by atoms with van der Waals surface area (Å²) in [7, 11) is 1.93. The minimum atomic E-state index is -0.808. The molecular weight excluding hydrogens is 244 g/mol. The van der Waals surface area contributed by atoms with Gasteiger partial charge in [-0.2, -0.15) is 0 Å². The van der Waals surface area contributed by atoms with Crippen molar-refractivity contribution in [2.24, 2.45) is 0 Å². The molecule has 0 aromatic heterocycles. The largest absolute Gasteiger partial charge is 0.310 e. The summed E-state index contributed by atoms with van der Waals surface area (Å²) in [5.41, 5.74) is 2.20. The summed E-state index contributed by atoms with van der Waals surface area (Å²) in [5.74, 6) is -1.59. The Morgan fingerprint density at radius 3 is 2.47 bits per heavy atom. The lowest BCUT2D eigenvalue weighted by molar-refractivity contribution is 0.511. The fraction of sp³-hybridized carbons (Fsp3) is 0.250. The molecule has 0 aliphatic heterocycles. The zero-order valence-corrected chi connectivity index (χ0v) is 10.7. The van der Waals surface area contributed by atoms with E-state index in [9.17, 15) is 8.78 Å². The maximum absolute atomic E-state index is 13.8. The van der Waals surface area contributed by atoms with E-state index in [0.29, 0.717) is 5.56 Å². The normalized spacial score (nSPS) is 16.4. The van der Waals surface area contributed by atoms with Gasteiger partial charge in [0.15, 0.2) is 11.6 Å². The zero-order chi connectivity index (χ0) is 13.5. The van der Waals surface area contributed by atoms with Crippen LogP contribution in [0.15, 0.2) is 42.5 Å². The van der Waals surface area contributed by atoms with Crippen molar-refractivity contribution in [2.45, 2.75) is 18.4 Å². The molecule has 2 aromatic rings. The minimum Gasteiger partial charge on any atom is -0.310 e. The predicted octanol–water partition coefficient (Wildman–Crippen LogP) is 3.84. The second kappa shape index (κ2) is 4.42. The van der Waals surface area contributed by atoms with Crippen molar-refractivity contribution in [3.05, 3.63) is 59.7 Å².